The molecule has 4 aromatic rings. The molecule has 0 aliphatic rings. The van der Waals surface area contributed by atoms with E-state index >= 15 is 4.39 Å². The van der Waals surface area contributed by atoms with Crippen molar-refractivity contribution in [1.82, 2.24) is 10.2 Å². The molecule has 0 saturated carbocycles. The monoisotopic (exact) mass is 412 g/mol. The number of ether oxygens (including phenoxy) is 1. The van der Waals surface area contributed by atoms with Crippen molar-refractivity contribution in [2.75, 3.05) is 0 Å². The number of hydrogen-bond acceptors (Lipinski definition) is 3. The number of fused-ring (bicyclic) bond motifs is 1. The lowest BCUT2D eigenvalue weighted by Crippen LogP contribution is -2.06. The number of nitrogens with one attached hydrogen (secondary N) is 1. The smallest absolute Gasteiger partial charge is 0.335 e. The molecule has 0 saturated heterocycles. The summed E-state index contributed by atoms with van der Waals surface area (Å²) in [6.07, 6.45) is 3.41. The highest BCUT2D eigenvalue weighted by Crippen LogP contribution is 2.40. The standard InChI is InChI=1S/C26H21FN2O2/c1-3-19(17-10-6-5-7-11-17)26(20-12-8-9-13-24(20)31-25(30)4-2)21-14-18-16-28-29-23(18)15-22(21)27/h4-16H,2-3H2,1H3,(H,28,29)/b26-19+. The first kappa shape index (κ1) is 20.3. The molecule has 4 rings (SSSR count). The second-order valence-corrected chi connectivity index (χ2v) is 6.98. The van der Waals surface area contributed by atoms with Crippen LogP contribution < -0.4 is 4.74 Å². The molecule has 0 fully saturated rings. The summed E-state index contributed by atoms with van der Waals surface area (Å²) in [5, 5.41) is 7.61. The summed E-state index contributed by atoms with van der Waals surface area (Å²) in [6.45, 7) is 5.50. The highest BCUT2D eigenvalue weighted by Gasteiger charge is 2.21. The van der Waals surface area contributed by atoms with E-state index in [1.54, 1.807) is 24.4 Å². The van der Waals surface area contributed by atoms with Crippen LogP contribution in [0, 0.1) is 5.82 Å². The van der Waals surface area contributed by atoms with Gasteiger partial charge >= 0.3 is 5.97 Å². The summed E-state index contributed by atoms with van der Waals surface area (Å²) >= 11 is 0. The van der Waals surface area contributed by atoms with Crippen LogP contribution in [0.3, 0.4) is 0 Å². The normalized spacial score (nSPS) is 11.8. The lowest BCUT2D eigenvalue weighted by molar-refractivity contribution is -0.128. The molecule has 0 atom stereocenters. The minimum absolute atomic E-state index is 0.343. The van der Waals surface area contributed by atoms with Crippen LogP contribution in [0.2, 0.25) is 0 Å². The number of para-hydroxylation sites is 1. The Balaban J connectivity index is 2.06. The summed E-state index contributed by atoms with van der Waals surface area (Å²) < 4.78 is 20.9. The van der Waals surface area contributed by atoms with Crippen LogP contribution in [0.4, 0.5) is 4.39 Å². The molecule has 0 unspecified atom stereocenters. The Morgan fingerprint density at radius 1 is 1.10 bits per heavy atom. The number of halogens is 1. The zero-order valence-corrected chi connectivity index (χ0v) is 17.1. The van der Waals surface area contributed by atoms with Gasteiger partial charge in [-0.15, -0.1) is 0 Å². The second kappa shape index (κ2) is 8.79. The molecule has 31 heavy (non-hydrogen) atoms. The van der Waals surface area contributed by atoms with E-state index in [0.717, 1.165) is 22.6 Å². The van der Waals surface area contributed by atoms with E-state index in [0.29, 0.717) is 34.4 Å². The summed E-state index contributed by atoms with van der Waals surface area (Å²) in [7, 11) is 0. The number of aromatic nitrogens is 2. The SMILES string of the molecule is C=CC(=O)Oc1ccccc1/C(=C(/CC)c1ccccc1)c1cc2cn[nH]c2cc1F. The maximum absolute atomic E-state index is 15.4. The van der Waals surface area contributed by atoms with Crippen LogP contribution in [0.1, 0.15) is 30.0 Å². The molecule has 1 heterocycles. The van der Waals surface area contributed by atoms with E-state index in [4.69, 9.17) is 4.74 Å². The maximum Gasteiger partial charge on any atom is 0.335 e. The van der Waals surface area contributed by atoms with Crippen LogP contribution in [-0.4, -0.2) is 16.2 Å². The number of nitrogens with zero attached hydrogens (tertiary/aromatic N) is 1. The largest absolute Gasteiger partial charge is 0.423 e. The molecule has 1 N–H and O–H groups in total. The van der Waals surface area contributed by atoms with Gasteiger partial charge < -0.3 is 4.74 Å². The predicted octanol–water partition coefficient (Wildman–Crippen LogP) is 6.16. The Kier molecular flexibility index (Phi) is 5.76. The molecular weight excluding hydrogens is 391 g/mol. The van der Waals surface area contributed by atoms with Crippen LogP contribution in [0.15, 0.2) is 85.6 Å². The fourth-order valence-corrected chi connectivity index (χ4v) is 3.70. The van der Waals surface area contributed by atoms with Gasteiger partial charge in [0.05, 0.1) is 11.7 Å². The first-order valence-corrected chi connectivity index (χ1v) is 9.97. The second-order valence-electron chi connectivity index (χ2n) is 6.98. The van der Waals surface area contributed by atoms with E-state index in [1.807, 2.05) is 49.4 Å². The Bertz CT molecular complexity index is 1290. The van der Waals surface area contributed by atoms with Gasteiger partial charge in [0.2, 0.25) is 0 Å². The first-order chi connectivity index (χ1) is 15.1. The zero-order chi connectivity index (χ0) is 21.8. The van der Waals surface area contributed by atoms with Gasteiger partial charge in [-0.05, 0) is 35.3 Å². The molecular formula is C26H21FN2O2. The summed E-state index contributed by atoms with van der Waals surface area (Å²) in [5.41, 5.74) is 4.23. The van der Waals surface area contributed by atoms with Gasteiger partial charge in [-0.3, -0.25) is 5.10 Å². The van der Waals surface area contributed by atoms with Crippen molar-refractivity contribution in [2.24, 2.45) is 0 Å². The van der Waals surface area contributed by atoms with Gasteiger partial charge in [0.25, 0.3) is 0 Å². The third-order valence-corrected chi connectivity index (χ3v) is 5.11. The van der Waals surface area contributed by atoms with Gasteiger partial charge in [-0.25, -0.2) is 9.18 Å². The van der Waals surface area contributed by atoms with E-state index in [-0.39, 0.29) is 0 Å². The Morgan fingerprint density at radius 3 is 2.58 bits per heavy atom. The fourth-order valence-electron chi connectivity index (χ4n) is 3.70. The van der Waals surface area contributed by atoms with Gasteiger partial charge in [0, 0.05) is 28.7 Å². The van der Waals surface area contributed by atoms with Gasteiger partial charge in [0.1, 0.15) is 11.6 Å². The molecule has 0 spiro atoms. The Hall–Kier alpha value is -3.99. The molecule has 3 aromatic carbocycles. The highest BCUT2D eigenvalue weighted by atomic mass is 19.1. The molecule has 0 aliphatic heterocycles. The third kappa shape index (κ3) is 4.03. The van der Waals surface area contributed by atoms with Crippen LogP contribution in [-0.2, 0) is 4.79 Å². The number of carbonyl (C=O) groups is 1. The molecule has 0 amide bonds. The minimum atomic E-state index is -0.574. The van der Waals surface area contributed by atoms with Crippen molar-refractivity contribution in [3.63, 3.8) is 0 Å². The highest BCUT2D eigenvalue weighted by molar-refractivity contribution is 6.02. The van der Waals surface area contributed by atoms with Crippen molar-refractivity contribution >= 4 is 28.0 Å². The minimum Gasteiger partial charge on any atom is -0.423 e. The molecule has 0 radical (unpaired) electrons. The molecule has 5 heteroatoms. The Labute approximate surface area is 179 Å². The summed E-state index contributed by atoms with van der Waals surface area (Å²) in [5.74, 6) is -0.621. The summed E-state index contributed by atoms with van der Waals surface area (Å²) in [4.78, 5) is 12.0. The van der Waals surface area contributed by atoms with Crippen molar-refractivity contribution in [1.29, 1.82) is 0 Å². The van der Waals surface area contributed by atoms with Crippen molar-refractivity contribution in [3.05, 3.63) is 108 Å². The molecule has 0 bridgehead atoms. The predicted molar refractivity (Wildman–Crippen MR) is 121 cm³/mol. The quantitative estimate of drug-likeness (QED) is 0.179. The molecule has 0 aliphatic carbocycles. The number of rotatable bonds is 6. The number of aromatic amines is 1. The zero-order valence-electron chi connectivity index (χ0n) is 17.1. The van der Waals surface area contributed by atoms with Gasteiger partial charge in [-0.2, -0.15) is 5.10 Å². The van der Waals surface area contributed by atoms with Gasteiger partial charge in [0.15, 0.2) is 0 Å². The lowest BCUT2D eigenvalue weighted by Gasteiger charge is -2.19. The third-order valence-electron chi connectivity index (χ3n) is 5.11. The number of H-pyrrole nitrogens is 1. The first-order valence-electron chi connectivity index (χ1n) is 9.97. The molecule has 154 valence electrons. The average molecular weight is 412 g/mol. The van der Waals surface area contributed by atoms with Crippen molar-refractivity contribution < 1.29 is 13.9 Å². The van der Waals surface area contributed by atoms with E-state index in [9.17, 15) is 4.79 Å². The number of carbonyl (C=O) groups excluding carboxylic acids is 1. The van der Waals surface area contributed by atoms with E-state index in [2.05, 4.69) is 16.8 Å². The Morgan fingerprint density at radius 2 is 1.84 bits per heavy atom. The number of esters is 1. The lowest BCUT2D eigenvalue weighted by atomic mass is 9.87. The molecule has 4 nitrogen and oxygen atoms in total. The number of allylic oxidation sites excluding steroid dienone is 1. The van der Waals surface area contributed by atoms with Crippen LogP contribution >= 0.6 is 0 Å². The van der Waals surface area contributed by atoms with Crippen LogP contribution in [0.25, 0.3) is 22.0 Å². The number of benzene rings is 3. The van der Waals surface area contributed by atoms with Crippen LogP contribution in [0.5, 0.6) is 5.75 Å². The maximum atomic E-state index is 15.4. The summed E-state index contributed by atoms with van der Waals surface area (Å²) in [6, 6.07) is 20.2. The molecule has 1 aromatic heterocycles. The van der Waals surface area contributed by atoms with Crippen molar-refractivity contribution in [2.45, 2.75) is 13.3 Å². The van der Waals surface area contributed by atoms with E-state index in [1.165, 1.54) is 6.07 Å². The van der Waals surface area contributed by atoms with Gasteiger partial charge in [-0.1, -0.05) is 62.0 Å². The van der Waals surface area contributed by atoms with Crippen molar-refractivity contribution in [3.8, 4) is 5.75 Å². The van der Waals surface area contributed by atoms with E-state index < -0.39 is 11.8 Å². The topological polar surface area (TPSA) is 55.0 Å². The fraction of sp³-hybridized carbons (Fsp3) is 0.0769. The average Bonchev–Trinajstić information content (AvgIpc) is 3.25. The number of hydrogen-bond donors (Lipinski definition) is 1.